The topological polar surface area (TPSA) is 94.9 Å². The molecule has 0 saturated heterocycles. The van der Waals surface area contributed by atoms with Gasteiger partial charge in [-0.3, -0.25) is 14.4 Å². The summed E-state index contributed by atoms with van der Waals surface area (Å²) in [6, 6.07) is 18.1. The molecule has 0 bridgehead atoms. The molecule has 3 unspecified atom stereocenters. The van der Waals surface area contributed by atoms with Gasteiger partial charge in [-0.2, -0.15) is 11.8 Å². The van der Waals surface area contributed by atoms with E-state index in [2.05, 4.69) is 0 Å². The van der Waals surface area contributed by atoms with Crippen LogP contribution in [0, 0.1) is 17.8 Å². The number of thioether (sulfide) groups is 1. The van der Waals surface area contributed by atoms with Crippen molar-refractivity contribution >= 4 is 41.4 Å². The molecule has 2 aromatic carbocycles. The van der Waals surface area contributed by atoms with E-state index >= 15 is 0 Å². The Morgan fingerprint density at radius 2 is 1.59 bits per heavy atom. The van der Waals surface area contributed by atoms with Gasteiger partial charge in [-0.05, 0) is 42.0 Å². The summed E-state index contributed by atoms with van der Waals surface area (Å²) in [5.41, 5.74) is 0.957. The van der Waals surface area contributed by atoms with Crippen molar-refractivity contribution in [3.05, 3.63) is 60.2 Å². The molecule has 0 radical (unpaired) electrons. The van der Waals surface area contributed by atoms with Crippen LogP contribution in [0.25, 0.3) is 0 Å². The van der Waals surface area contributed by atoms with Gasteiger partial charge >= 0.3 is 11.9 Å². The minimum Gasteiger partial charge on any atom is -0.481 e. The second kappa shape index (κ2) is 11.4. The molecule has 32 heavy (non-hydrogen) atoms. The maximum absolute atomic E-state index is 13.2. The zero-order valence-electron chi connectivity index (χ0n) is 17.8. The predicted octanol–water partition coefficient (Wildman–Crippen LogP) is 4.34. The minimum absolute atomic E-state index is 0.0786. The molecular formula is C24H27NO5S2. The molecule has 3 rings (SSSR count). The van der Waals surface area contributed by atoms with Gasteiger partial charge in [-0.1, -0.05) is 49.0 Å². The maximum atomic E-state index is 13.2. The van der Waals surface area contributed by atoms with Crippen molar-refractivity contribution in [2.75, 3.05) is 18.1 Å². The van der Waals surface area contributed by atoms with E-state index in [1.807, 2.05) is 61.5 Å². The van der Waals surface area contributed by atoms with Crippen molar-refractivity contribution in [3.8, 4) is 0 Å². The second-order valence-corrected chi connectivity index (χ2v) is 10.2. The molecule has 1 aliphatic rings. The summed E-state index contributed by atoms with van der Waals surface area (Å²) in [4.78, 5) is 40.0. The number of hydrogen-bond donors (Lipinski definition) is 2. The van der Waals surface area contributed by atoms with E-state index in [0.717, 1.165) is 26.9 Å². The van der Waals surface area contributed by atoms with E-state index in [4.69, 9.17) is 0 Å². The van der Waals surface area contributed by atoms with Gasteiger partial charge in [0.2, 0.25) is 5.91 Å². The van der Waals surface area contributed by atoms with Crippen LogP contribution in [0.2, 0.25) is 0 Å². The number of rotatable bonds is 11. The predicted molar refractivity (Wildman–Crippen MR) is 126 cm³/mol. The Morgan fingerprint density at radius 1 is 0.938 bits per heavy atom. The van der Waals surface area contributed by atoms with Crippen LogP contribution >= 0.6 is 23.5 Å². The Kier molecular flexibility index (Phi) is 8.64. The van der Waals surface area contributed by atoms with Crippen LogP contribution in [-0.4, -0.2) is 51.0 Å². The fourth-order valence-electron chi connectivity index (χ4n) is 3.83. The van der Waals surface area contributed by atoms with Crippen LogP contribution in [0.1, 0.15) is 18.9 Å². The van der Waals surface area contributed by atoms with Crippen molar-refractivity contribution in [2.24, 2.45) is 17.8 Å². The van der Waals surface area contributed by atoms with E-state index in [9.17, 15) is 24.6 Å². The molecule has 1 amide bonds. The molecule has 8 heteroatoms. The number of hydrogen-bond acceptors (Lipinski definition) is 5. The average molecular weight is 474 g/mol. The van der Waals surface area contributed by atoms with Crippen molar-refractivity contribution in [3.63, 3.8) is 0 Å². The van der Waals surface area contributed by atoms with E-state index in [0.29, 0.717) is 13.1 Å². The van der Waals surface area contributed by atoms with Gasteiger partial charge in [0.25, 0.3) is 0 Å². The molecule has 0 spiro atoms. The van der Waals surface area contributed by atoms with Crippen molar-refractivity contribution in [2.45, 2.75) is 29.7 Å². The lowest BCUT2D eigenvalue weighted by atomic mass is 9.64. The van der Waals surface area contributed by atoms with E-state index < -0.39 is 29.7 Å². The zero-order chi connectivity index (χ0) is 23.1. The summed E-state index contributed by atoms with van der Waals surface area (Å²) in [5, 5.41) is 18.7. The molecule has 2 N–H and O–H groups in total. The molecule has 0 heterocycles. The van der Waals surface area contributed by atoms with Crippen LogP contribution in [0.4, 0.5) is 0 Å². The van der Waals surface area contributed by atoms with Gasteiger partial charge in [-0.25, -0.2) is 0 Å². The summed E-state index contributed by atoms with van der Waals surface area (Å²) in [7, 11) is 0. The molecule has 3 atom stereocenters. The largest absolute Gasteiger partial charge is 0.481 e. The summed E-state index contributed by atoms with van der Waals surface area (Å²) in [6.45, 7) is 2.92. The summed E-state index contributed by atoms with van der Waals surface area (Å²) in [5.74, 6) is -3.91. The monoisotopic (exact) mass is 473 g/mol. The van der Waals surface area contributed by atoms with Gasteiger partial charge in [0.15, 0.2) is 0 Å². The Bertz CT molecular complexity index is 935. The second-order valence-electron chi connectivity index (χ2n) is 7.67. The van der Waals surface area contributed by atoms with Crippen molar-refractivity contribution in [1.29, 1.82) is 0 Å². The van der Waals surface area contributed by atoms with Crippen LogP contribution < -0.4 is 0 Å². The number of amides is 1. The number of benzene rings is 2. The van der Waals surface area contributed by atoms with E-state index in [1.165, 1.54) is 0 Å². The van der Waals surface area contributed by atoms with Crippen LogP contribution in [0.3, 0.4) is 0 Å². The third-order valence-electron chi connectivity index (χ3n) is 5.59. The zero-order valence-corrected chi connectivity index (χ0v) is 19.5. The molecule has 0 aliphatic heterocycles. The van der Waals surface area contributed by atoms with Crippen molar-refractivity contribution < 1.29 is 24.6 Å². The summed E-state index contributed by atoms with van der Waals surface area (Å²) >= 11 is 3.37. The number of carboxylic acid groups (broad SMARTS) is 2. The van der Waals surface area contributed by atoms with Gasteiger partial charge in [0, 0.05) is 28.6 Å². The SMILES string of the molecule is CCSCCN(Cc1ccc(Sc2ccccc2)cc1)C(=O)C1CC(C(=O)O)C1C(=O)O. The van der Waals surface area contributed by atoms with Crippen molar-refractivity contribution in [1.82, 2.24) is 4.90 Å². The highest BCUT2D eigenvalue weighted by Crippen LogP contribution is 2.42. The molecule has 1 fully saturated rings. The Hall–Kier alpha value is -2.45. The Morgan fingerprint density at radius 3 is 2.19 bits per heavy atom. The highest BCUT2D eigenvalue weighted by Gasteiger charge is 2.54. The normalized spacial score (nSPS) is 19.7. The van der Waals surface area contributed by atoms with Crippen LogP contribution in [-0.2, 0) is 20.9 Å². The highest BCUT2D eigenvalue weighted by molar-refractivity contribution is 7.99. The third-order valence-corrected chi connectivity index (χ3v) is 7.49. The van der Waals surface area contributed by atoms with Gasteiger partial charge in [0.1, 0.15) is 0 Å². The molecule has 1 aliphatic carbocycles. The maximum Gasteiger partial charge on any atom is 0.308 e. The fraction of sp³-hybridized carbons (Fsp3) is 0.375. The first kappa shape index (κ1) is 24.2. The summed E-state index contributed by atoms with van der Waals surface area (Å²) in [6.07, 6.45) is 0.0786. The molecule has 0 aromatic heterocycles. The number of carbonyl (C=O) groups excluding carboxylic acids is 1. The molecule has 2 aromatic rings. The molecule has 1 saturated carbocycles. The number of nitrogens with zero attached hydrogens (tertiary/aromatic N) is 1. The molecular weight excluding hydrogens is 446 g/mol. The fourth-order valence-corrected chi connectivity index (χ4v) is 5.31. The molecule has 170 valence electrons. The lowest BCUT2D eigenvalue weighted by molar-refractivity contribution is -0.171. The van der Waals surface area contributed by atoms with Crippen LogP contribution in [0.5, 0.6) is 0 Å². The third kappa shape index (κ3) is 6.07. The highest BCUT2D eigenvalue weighted by atomic mass is 32.2. The Labute approximate surface area is 196 Å². The first-order chi connectivity index (χ1) is 15.4. The number of carboxylic acids is 2. The smallest absolute Gasteiger partial charge is 0.308 e. The van der Waals surface area contributed by atoms with Gasteiger partial charge < -0.3 is 15.1 Å². The lowest BCUT2D eigenvalue weighted by Crippen LogP contribution is -2.53. The van der Waals surface area contributed by atoms with Gasteiger partial charge in [-0.15, -0.1) is 0 Å². The first-order valence-corrected chi connectivity index (χ1v) is 12.5. The van der Waals surface area contributed by atoms with E-state index in [1.54, 1.807) is 28.4 Å². The quantitative estimate of drug-likeness (QED) is 0.469. The number of aliphatic carboxylic acids is 2. The first-order valence-electron chi connectivity index (χ1n) is 10.5. The lowest BCUT2D eigenvalue weighted by Gasteiger charge is -2.41. The number of carbonyl (C=O) groups is 3. The van der Waals surface area contributed by atoms with Gasteiger partial charge in [0.05, 0.1) is 17.8 Å². The standard InChI is InChI=1S/C24H27NO5S2/c1-2-31-13-12-25(22(26)19-14-20(23(27)28)21(19)24(29)30)15-16-8-10-18(11-9-16)32-17-6-4-3-5-7-17/h3-11,19-21H,2,12-15H2,1H3,(H,27,28)(H,29,30). The minimum atomic E-state index is -1.22. The Balaban J connectivity index is 1.69. The molecule has 6 nitrogen and oxygen atoms in total. The van der Waals surface area contributed by atoms with E-state index in [-0.39, 0.29) is 12.3 Å². The van der Waals surface area contributed by atoms with Crippen LogP contribution in [0.15, 0.2) is 64.4 Å². The summed E-state index contributed by atoms with van der Waals surface area (Å²) < 4.78 is 0. The average Bonchev–Trinajstić information content (AvgIpc) is 2.73.